The van der Waals surface area contributed by atoms with E-state index in [2.05, 4.69) is 27.7 Å². The quantitative estimate of drug-likeness (QED) is 0.488. The summed E-state index contributed by atoms with van der Waals surface area (Å²) in [6.07, 6.45) is 13.7. The SMILES string of the molecule is CCCCC(CCC1C2CC3(CC(C)C3)C12)CC(C)C. The van der Waals surface area contributed by atoms with Gasteiger partial charge in [-0.25, -0.2) is 0 Å². The Morgan fingerprint density at radius 1 is 1.10 bits per heavy atom. The van der Waals surface area contributed by atoms with E-state index in [9.17, 15) is 0 Å². The standard InChI is InChI=1S/C20H36/c1-5-6-7-16(10-14(2)3)8-9-17-18-13-20(19(17)18)11-15(4)12-20/h14-19H,5-13H2,1-4H3. The first-order chi connectivity index (χ1) is 9.55. The van der Waals surface area contributed by atoms with Crippen LogP contribution in [0.25, 0.3) is 0 Å². The van der Waals surface area contributed by atoms with Crippen molar-refractivity contribution in [1.29, 1.82) is 0 Å². The van der Waals surface area contributed by atoms with Crippen LogP contribution in [0.15, 0.2) is 0 Å². The molecule has 0 aromatic heterocycles. The Labute approximate surface area is 127 Å². The molecule has 0 nitrogen and oxygen atoms in total. The molecule has 20 heavy (non-hydrogen) atoms. The van der Waals surface area contributed by atoms with Crippen LogP contribution in [-0.2, 0) is 0 Å². The largest absolute Gasteiger partial charge is 0.0654 e. The van der Waals surface area contributed by atoms with Gasteiger partial charge in [0.15, 0.2) is 0 Å². The van der Waals surface area contributed by atoms with Gasteiger partial charge in [-0.05, 0) is 73.0 Å². The number of fused-ring (bicyclic) bond motifs is 2. The first-order valence-corrected chi connectivity index (χ1v) is 9.55. The van der Waals surface area contributed by atoms with Gasteiger partial charge >= 0.3 is 0 Å². The third-order valence-corrected chi connectivity index (χ3v) is 6.87. The number of hydrogen-bond acceptors (Lipinski definition) is 0. The van der Waals surface area contributed by atoms with Crippen LogP contribution in [-0.4, -0.2) is 0 Å². The van der Waals surface area contributed by atoms with E-state index >= 15 is 0 Å². The van der Waals surface area contributed by atoms with E-state index in [4.69, 9.17) is 0 Å². The average molecular weight is 277 g/mol. The second-order valence-corrected chi connectivity index (χ2v) is 9.15. The van der Waals surface area contributed by atoms with Crippen LogP contribution in [0.3, 0.4) is 0 Å². The summed E-state index contributed by atoms with van der Waals surface area (Å²) in [7, 11) is 0. The number of hydrogen-bond donors (Lipinski definition) is 0. The molecule has 3 rings (SSSR count). The van der Waals surface area contributed by atoms with Crippen LogP contribution >= 0.6 is 0 Å². The Bertz CT molecular complexity index is 323. The molecule has 0 amide bonds. The predicted octanol–water partition coefficient (Wildman–Crippen LogP) is 6.30. The second-order valence-electron chi connectivity index (χ2n) is 9.15. The summed E-state index contributed by atoms with van der Waals surface area (Å²) in [6, 6.07) is 0. The van der Waals surface area contributed by atoms with Crippen molar-refractivity contribution >= 4 is 0 Å². The Morgan fingerprint density at radius 3 is 2.45 bits per heavy atom. The monoisotopic (exact) mass is 276 g/mol. The molecule has 1 spiro atoms. The van der Waals surface area contributed by atoms with Crippen LogP contribution in [0.5, 0.6) is 0 Å². The summed E-state index contributed by atoms with van der Waals surface area (Å²) >= 11 is 0. The van der Waals surface area contributed by atoms with E-state index in [-0.39, 0.29) is 0 Å². The van der Waals surface area contributed by atoms with Gasteiger partial charge in [-0.3, -0.25) is 0 Å². The number of unbranched alkanes of at least 4 members (excludes halogenated alkanes) is 1. The van der Waals surface area contributed by atoms with Gasteiger partial charge in [-0.1, -0.05) is 53.4 Å². The van der Waals surface area contributed by atoms with Crippen molar-refractivity contribution < 1.29 is 0 Å². The third-order valence-electron chi connectivity index (χ3n) is 6.87. The van der Waals surface area contributed by atoms with Gasteiger partial charge in [0.2, 0.25) is 0 Å². The molecule has 0 aliphatic heterocycles. The molecule has 3 aliphatic rings. The highest BCUT2D eigenvalue weighted by molar-refractivity contribution is 5.20. The molecule has 3 aliphatic carbocycles. The lowest BCUT2D eigenvalue weighted by atomic mass is 9.52. The summed E-state index contributed by atoms with van der Waals surface area (Å²) in [5.41, 5.74) is 0.895. The fourth-order valence-electron chi connectivity index (χ4n) is 6.20. The van der Waals surface area contributed by atoms with Crippen LogP contribution in [0.1, 0.15) is 85.5 Å². The summed E-state index contributed by atoms with van der Waals surface area (Å²) in [4.78, 5) is 0. The van der Waals surface area contributed by atoms with Crippen molar-refractivity contribution in [2.75, 3.05) is 0 Å². The number of rotatable bonds is 8. The lowest BCUT2D eigenvalue weighted by molar-refractivity contribution is -0.0320. The van der Waals surface area contributed by atoms with E-state index < -0.39 is 0 Å². The van der Waals surface area contributed by atoms with E-state index in [1.807, 2.05) is 0 Å². The van der Waals surface area contributed by atoms with Gasteiger partial charge in [-0.15, -0.1) is 0 Å². The highest BCUT2D eigenvalue weighted by Gasteiger charge is 2.72. The lowest BCUT2D eigenvalue weighted by Gasteiger charge is -2.53. The molecule has 0 bridgehead atoms. The van der Waals surface area contributed by atoms with Gasteiger partial charge in [0.05, 0.1) is 0 Å². The Morgan fingerprint density at radius 2 is 1.85 bits per heavy atom. The topological polar surface area (TPSA) is 0 Å². The van der Waals surface area contributed by atoms with Crippen LogP contribution < -0.4 is 0 Å². The van der Waals surface area contributed by atoms with E-state index in [0.29, 0.717) is 0 Å². The summed E-state index contributed by atoms with van der Waals surface area (Å²) in [5, 5.41) is 0. The van der Waals surface area contributed by atoms with E-state index in [1.165, 1.54) is 43.4 Å². The molecule has 0 heteroatoms. The van der Waals surface area contributed by atoms with Crippen LogP contribution in [0.2, 0.25) is 0 Å². The zero-order chi connectivity index (χ0) is 14.3. The Hall–Kier alpha value is 0. The summed E-state index contributed by atoms with van der Waals surface area (Å²) in [5.74, 6) is 6.53. The molecule has 0 saturated heterocycles. The molecule has 0 N–H and O–H groups in total. The van der Waals surface area contributed by atoms with Crippen molar-refractivity contribution in [2.24, 2.45) is 40.9 Å². The molecule has 0 heterocycles. The highest BCUT2D eigenvalue weighted by Crippen LogP contribution is 2.79. The third kappa shape index (κ3) is 2.69. The zero-order valence-corrected chi connectivity index (χ0v) is 14.3. The summed E-state index contributed by atoms with van der Waals surface area (Å²) in [6.45, 7) is 9.61. The lowest BCUT2D eigenvalue weighted by Crippen LogP contribution is -2.44. The molecule has 4 unspecified atom stereocenters. The van der Waals surface area contributed by atoms with Crippen LogP contribution in [0, 0.1) is 40.9 Å². The maximum absolute atomic E-state index is 2.46. The fourth-order valence-corrected chi connectivity index (χ4v) is 6.20. The molecule has 116 valence electrons. The minimum atomic E-state index is 0.895. The van der Waals surface area contributed by atoms with Gasteiger partial charge in [0, 0.05) is 0 Å². The van der Waals surface area contributed by atoms with Crippen molar-refractivity contribution in [3.8, 4) is 0 Å². The van der Waals surface area contributed by atoms with Gasteiger partial charge < -0.3 is 0 Å². The first kappa shape index (κ1) is 14.9. The second kappa shape index (κ2) is 5.65. The Balaban J connectivity index is 1.40. The van der Waals surface area contributed by atoms with Crippen molar-refractivity contribution in [3.63, 3.8) is 0 Å². The highest BCUT2D eigenvalue weighted by atomic mass is 14.8. The Kier molecular flexibility index (Phi) is 4.22. The van der Waals surface area contributed by atoms with Crippen molar-refractivity contribution in [2.45, 2.75) is 85.5 Å². The maximum Gasteiger partial charge on any atom is -0.0256 e. The zero-order valence-electron chi connectivity index (χ0n) is 14.3. The fraction of sp³-hybridized carbons (Fsp3) is 1.00. The molecule has 0 radical (unpaired) electrons. The molecule has 0 aromatic rings. The van der Waals surface area contributed by atoms with E-state index in [1.54, 1.807) is 32.1 Å². The average Bonchev–Trinajstić information content (AvgIpc) is 2.93. The normalized spacial score (nSPS) is 43.0. The smallest absolute Gasteiger partial charge is 0.0256 e. The van der Waals surface area contributed by atoms with Crippen molar-refractivity contribution in [3.05, 3.63) is 0 Å². The maximum atomic E-state index is 2.46. The van der Waals surface area contributed by atoms with Gasteiger partial charge in [0.1, 0.15) is 0 Å². The molecule has 3 fully saturated rings. The van der Waals surface area contributed by atoms with Gasteiger partial charge in [0.25, 0.3) is 0 Å². The van der Waals surface area contributed by atoms with Crippen molar-refractivity contribution in [1.82, 2.24) is 0 Å². The molecule has 3 saturated carbocycles. The summed E-state index contributed by atoms with van der Waals surface area (Å²) < 4.78 is 0. The molecular formula is C20H36. The molecule has 4 atom stereocenters. The minimum Gasteiger partial charge on any atom is -0.0654 e. The minimum absolute atomic E-state index is 0.895. The van der Waals surface area contributed by atoms with E-state index in [0.717, 1.165) is 23.2 Å². The first-order valence-electron chi connectivity index (χ1n) is 9.55. The molecule has 0 aromatic carbocycles. The molecular weight excluding hydrogens is 240 g/mol. The predicted molar refractivity (Wildman–Crippen MR) is 87.6 cm³/mol. The van der Waals surface area contributed by atoms with Crippen LogP contribution in [0.4, 0.5) is 0 Å². The van der Waals surface area contributed by atoms with Gasteiger partial charge in [-0.2, -0.15) is 0 Å².